The van der Waals surface area contributed by atoms with Crippen molar-refractivity contribution in [2.24, 2.45) is 5.73 Å². The van der Waals surface area contributed by atoms with Gasteiger partial charge in [0, 0.05) is 18.4 Å². The van der Waals surface area contributed by atoms with Crippen LogP contribution < -0.4 is 15.9 Å². The zero-order chi connectivity index (χ0) is 17.7. The number of ether oxygens (including phenoxy) is 2. The molecule has 1 aliphatic rings. The Bertz CT molecular complexity index is 697. The van der Waals surface area contributed by atoms with Crippen LogP contribution in [-0.2, 0) is 21.6 Å². The van der Waals surface area contributed by atoms with E-state index in [0.29, 0.717) is 37.6 Å². The Morgan fingerprint density at radius 1 is 1.12 bits per heavy atom. The van der Waals surface area contributed by atoms with E-state index in [-0.39, 0.29) is 0 Å². The van der Waals surface area contributed by atoms with Crippen molar-refractivity contribution in [1.82, 2.24) is 0 Å². The summed E-state index contributed by atoms with van der Waals surface area (Å²) >= 11 is 0. The fourth-order valence-electron chi connectivity index (χ4n) is 3.02. The standard InChI is InChI=1S/C19H24BNO4/c1-19(14-21)16-9-5-10-17(18(16)20(22)25-19)24-12-6-11-23-13-15-7-3-2-4-8-15/h2-5,7-10,22H,6,11-14,21H2,1H3/t19-/m1/s1. The van der Waals surface area contributed by atoms with E-state index in [1.54, 1.807) is 0 Å². The first kappa shape index (κ1) is 18.0. The number of hydrogen-bond acceptors (Lipinski definition) is 5. The molecule has 3 rings (SSSR count). The van der Waals surface area contributed by atoms with Gasteiger partial charge < -0.3 is 24.9 Å². The summed E-state index contributed by atoms with van der Waals surface area (Å²) in [6, 6.07) is 15.7. The summed E-state index contributed by atoms with van der Waals surface area (Å²) in [4.78, 5) is 0. The van der Waals surface area contributed by atoms with Crippen molar-refractivity contribution in [3.05, 3.63) is 59.7 Å². The molecule has 0 bridgehead atoms. The second kappa shape index (κ2) is 8.02. The van der Waals surface area contributed by atoms with Crippen molar-refractivity contribution >= 4 is 12.6 Å². The second-order valence-electron chi connectivity index (χ2n) is 6.36. The summed E-state index contributed by atoms with van der Waals surface area (Å²) in [5, 5.41) is 10.2. The van der Waals surface area contributed by atoms with Gasteiger partial charge in [0.25, 0.3) is 0 Å². The summed E-state index contributed by atoms with van der Waals surface area (Å²) in [6.45, 7) is 3.90. The normalized spacial score (nSPS) is 19.1. The molecule has 0 fully saturated rings. The Balaban J connectivity index is 1.50. The largest absolute Gasteiger partial charge is 0.496 e. The highest BCUT2D eigenvalue weighted by atomic mass is 16.5. The molecule has 0 aromatic heterocycles. The molecule has 0 amide bonds. The molecule has 0 radical (unpaired) electrons. The predicted molar refractivity (Wildman–Crippen MR) is 97.8 cm³/mol. The monoisotopic (exact) mass is 341 g/mol. The molecule has 0 aliphatic carbocycles. The molecule has 132 valence electrons. The maximum Gasteiger partial charge on any atom is 0.496 e. The van der Waals surface area contributed by atoms with Gasteiger partial charge in [-0.1, -0.05) is 42.5 Å². The Morgan fingerprint density at radius 3 is 2.68 bits per heavy atom. The SMILES string of the molecule is C[C@]1(CN)OB(O)c2c(OCCCOCc3ccccc3)cccc21. The highest BCUT2D eigenvalue weighted by Crippen LogP contribution is 2.32. The lowest BCUT2D eigenvalue weighted by Gasteiger charge is -2.23. The Labute approximate surface area is 148 Å². The van der Waals surface area contributed by atoms with Crippen molar-refractivity contribution < 1.29 is 19.2 Å². The third-order valence-electron chi connectivity index (χ3n) is 4.45. The van der Waals surface area contributed by atoms with E-state index in [2.05, 4.69) is 0 Å². The first-order valence-electron chi connectivity index (χ1n) is 8.58. The van der Waals surface area contributed by atoms with Crippen LogP contribution in [-0.4, -0.2) is 31.9 Å². The maximum atomic E-state index is 10.2. The van der Waals surface area contributed by atoms with Crippen LogP contribution in [0.3, 0.4) is 0 Å². The summed E-state index contributed by atoms with van der Waals surface area (Å²) in [6.07, 6.45) is 0.765. The Morgan fingerprint density at radius 2 is 1.92 bits per heavy atom. The van der Waals surface area contributed by atoms with Gasteiger partial charge in [0.1, 0.15) is 5.75 Å². The molecule has 1 atom stereocenters. The topological polar surface area (TPSA) is 73.9 Å². The van der Waals surface area contributed by atoms with Gasteiger partial charge in [-0.2, -0.15) is 0 Å². The molecular formula is C19H24BNO4. The van der Waals surface area contributed by atoms with E-state index in [1.807, 2.05) is 55.5 Å². The van der Waals surface area contributed by atoms with Gasteiger partial charge in [-0.25, -0.2) is 0 Å². The molecule has 0 unspecified atom stereocenters. The molecule has 1 aliphatic heterocycles. The Hall–Kier alpha value is -1.86. The molecule has 0 saturated heterocycles. The lowest BCUT2D eigenvalue weighted by Crippen LogP contribution is -2.34. The molecule has 0 saturated carbocycles. The van der Waals surface area contributed by atoms with E-state index in [1.165, 1.54) is 0 Å². The van der Waals surface area contributed by atoms with Gasteiger partial charge in [-0.05, 0) is 24.1 Å². The van der Waals surface area contributed by atoms with Crippen LogP contribution in [0.25, 0.3) is 0 Å². The van der Waals surface area contributed by atoms with E-state index in [0.717, 1.165) is 17.5 Å². The maximum absolute atomic E-state index is 10.2. The lowest BCUT2D eigenvalue weighted by molar-refractivity contribution is 0.0893. The number of fused-ring (bicyclic) bond motifs is 1. The molecular weight excluding hydrogens is 317 g/mol. The average Bonchev–Trinajstić information content (AvgIpc) is 2.91. The quantitative estimate of drug-likeness (QED) is 0.563. The Kier molecular flexibility index (Phi) is 5.76. The number of rotatable bonds is 8. The van der Waals surface area contributed by atoms with Crippen molar-refractivity contribution in [3.63, 3.8) is 0 Å². The first-order valence-corrected chi connectivity index (χ1v) is 8.58. The summed E-state index contributed by atoms with van der Waals surface area (Å²) in [7, 11) is -1.01. The summed E-state index contributed by atoms with van der Waals surface area (Å²) in [5.41, 5.74) is 7.86. The van der Waals surface area contributed by atoms with Crippen LogP contribution in [0.5, 0.6) is 5.75 Å². The third-order valence-corrected chi connectivity index (χ3v) is 4.45. The summed E-state index contributed by atoms with van der Waals surface area (Å²) in [5.74, 6) is 0.644. The van der Waals surface area contributed by atoms with Crippen LogP contribution in [0.1, 0.15) is 24.5 Å². The van der Waals surface area contributed by atoms with Crippen LogP contribution >= 0.6 is 0 Å². The van der Waals surface area contributed by atoms with Gasteiger partial charge in [0.15, 0.2) is 0 Å². The van der Waals surface area contributed by atoms with Gasteiger partial charge in [0.2, 0.25) is 0 Å². The lowest BCUT2D eigenvalue weighted by atomic mass is 9.77. The van der Waals surface area contributed by atoms with Gasteiger partial charge in [-0.3, -0.25) is 0 Å². The van der Waals surface area contributed by atoms with Crippen LogP contribution in [0.2, 0.25) is 0 Å². The zero-order valence-corrected chi connectivity index (χ0v) is 14.5. The van der Waals surface area contributed by atoms with Gasteiger partial charge >= 0.3 is 7.12 Å². The highest BCUT2D eigenvalue weighted by Gasteiger charge is 2.44. The van der Waals surface area contributed by atoms with Crippen LogP contribution in [0.4, 0.5) is 0 Å². The van der Waals surface area contributed by atoms with Crippen molar-refractivity contribution in [1.29, 1.82) is 0 Å². The van der Waals surface area contributed by atoms with E-state index in [9.17, 15) is 5.02 Å². The minimum absolute atomic E-state index is 0.299. The zero-order valence-electron chi connectivity index (χ0n) is 14.5. The number of hydrogen-bond donors (Lipinski definition) is 2. The molecule has 3 N–H and O–H groups in total. The van der Waals surface area contributed by atoms with E-state index in [4.69, 9.17) is 19.9 Å². The molecule has 6 heteroatoms. The second-order valence-corrected chi connectivity index (χ2v) is 6.36. The number of benzene rings is 2. The van der Waals surface area contributed by atoms with E-state index < -0.39 is 12.7 Å². The van der Waals surface area contributed by atoms with Gasteiger partial charge in [0.05, 0.1) is 25.4 Å². The molecule has 2 aromatic rings. The third kappa shape index (κ3) is 4.04. The van der Waals surface area contributed by atoms with Crippen molar-refractivity contribution in [3.8, 4) is 5.75 Å². The van der Waals surface area contributed by atoms with Crippen molar-refractivity contribution in [2.75, 3.05) is 19.8 Å². The molecule has 5 nitrogen and oxygen atoms in total. The first-order chi connectivity index (χ1) is 12.1. The van der Waals surface area contributed by atoms with Crippen LogP contribution in [0, 0.1) is 0 Å². The van der Waals surface area contributed by atoms with Crippen LogP contribution in [0.15, 0.2) is 48.5 Å². The fraction of sp³-hybridized carbons (Fsp3) is 0.368. The smallest absolute Gasteiger partial charge is 0.494 e. The number of nitrogens with two attached hydrogens (primary N) is 1. The minimum atomic E-state index is -1.01. The fourth-order valence-corrected chi connectivity index (χ4v) is 3.02. The van der Waals surface area contributed by atoms with Crippen molar-refractivity contribution in [2.45, 2.75) is 25.6 Å². The predicted octanol–water partition coefficient (Wildman–Crippen LogP) is 1.56. The average molecular weight is 341 g/mol. The molecule has 0 spiro atoms. The molecule has 2 aromatic carbocycles. The van der Waals surface area contributed by atoms with Gasteiger partial charge in [-0.15, -0.1) is 0 Å². The minimum Gasteiger partial charge on any atom is -0.494 e. The molecule has 25 heavy (non-hydrogen) atoms. The highest BCUT2D eigenvalue weighted by molar-refractivity contribution is 6.63. The van der Waals surface area contributed by atoms with E-state index >= 15 is 0 Å². The molecule has 1 heterocycles. The summed E-state index contributed by atoms with van der Waals surface area (Å²) < 4.78 is 17.1.